The van der Waals surface area contributed by atoms with E-state index < -0.39 is 18.1 Å². The van der Waals surface area contributed by atoms with E-state index >= 15 is 0 Å². The summed E-state index contributed by atoms with van der Waals surface area (Å²) in [6.07, 6.45) is 1.13. The van der Waals surface area contributed by atoms with Crippen molar-refractivity contribution in [1.29, 1.82) is 0 Å². The smallest absolute Gasteiger partial charge is 0.410 e. The number of ether oxygens (including phenoxy) is 2. The summed E-state index contributed by atoms with van der Waals surface area (Å²) in [5.41, 5.74) is 5.25. The highest BCUT2D eigenvalue weighted by atomic mass is 16.6. The average Bonchev–Trinajstić information content (AvgIpc) is 3.18. The Balaban J connectivity index is 1.43. The minimum absolute atomic E-state index is 0.0869. The second kappa shape index (κ2) is 10.3. The summed E-state index contributed by atoms with van der Waals surface area (Å²) in [6.45, 7) is 4.14. The van der Waals surface area contributed by atoms with Crippen LogP contribution in [0.5, 0.6) is 5.75 Å². The molecular weight excluding hydrogens is 430 g/mol. The van der Waals surface area contributed by atoms with E-state index in [0.29, 0.717) is 12.4 Å². The minimum Gasteiger partial charge on any atom is -0.490 e. The number of hydrogen-bond donors (Lipinski definition) is 1. The fourth-order valence-electron chi connectivity index (χ4n) is 4.31. The van der Waals surface area contributed by atoms with Crippen molar-refractivity contribution in [3.8, 4) is 16.9 Å². The average molecular weight is 458 g/mol. The van der Waals surface area contributed by atoms with Crippen molar-refractivity contribution in [3.05, 3.63) is 102 Å². The third kappa shape index (κ3) is 4.81. The topological polar surface area (TPSA) is 76.1 Å². The van der Waals surface area contributed by atoms with Gasteiger partial charge in [0.25, 0.3) is 0 Å². The van der Waals surface area contributed by atoms with Gasteiger partial charge in [0.05, 0.1) is 0 Å². The van der Waals surface area contributed by atoms with Crippen LogP contribution in [-0.2, 0) is 16.0 Å². The lowest BCUT2D eigenvalue weighted by Crippen LogP contribution is -2.44. The molecule has 1 N–H and O–H groups in total. The second-order valence-electron chi connectivity index (χ2n) is 8.22. The van der Waals surface area contributed by atoms with Crippen LogP contribution in [0.1, 0.15) is 22.6 Å². The summed E-state index contributed by atoms with van der Waals surface area (Å²) in [5, 5.41) is 9.78. The molecule has 174 valence electrons. The number of aliphatic carboxylic acids is 1. The molecule has 1 aliphatic carbocycles. The van der Waals surface area contributed by atoms with Gasteiger partial charge in [-0.05, 0) is 39.9 Å². The monoisotopic (exact) mass is 457 g/mol. The first-order valence-electron chi connectivity index (χ1n) is 11.1. The molecule has 0 saturated carbocycles. The zero-order chi connectivity index (χ0) is 24.1. The molecule has 0 saturated heterocycles. The number of carboxylic acids is 1. The molecule has 6 nitrogen and oxygen atoms in total. The van der Waals surface area contributed by atoms with Gasteiger partial charge < -0.3 is 14.6 Å². The van der Waals surface area contributed by atoms with E-state index in [4.69, 9.17) is 9.47 Å². The molecule has 0 spiro atoms. The van der Waals surface area contributed by atoms with Crippen LogP contribution >= 0.6 is 0 Å². The molecule has 1 atom stereocenters. The quantitative estimate of drug-likeness (QED) is 0.451. The normalized spacial score (nSPS) is 12.9. The molecule has 0 heterocycles. The predicted molar refractivity (Wildman–Crippen MR) is 130 cm³/mol. The number of hydrogen-bond acceptors (Lipinski definition) is 4. The number of carbonyl (C=O) groups excluding carboxylic acids is 1. The number of nitrogens with zero attached hydrogens (tertiary/aromatic N) is 1. The Morgan fingerprint density at radius 1 is 1.00 bits per heavy atom. The van der Waals surface area contributed by atoms with Crippen LogP contribution in [0.25, 0.3) is 11.1 Å². The summed E-state index contributed by atoms with van der Waals surface area (Å²) in [5.74, 6) is -0.514. The van der Waals surface area contributed by atoms with Gasteiger partial charge in [-0.2, -0.15) is 0 Å². The maximum Gasteiger partial charge on any atom is 0.410 e. The maximum absolute atomic E-state index is 12.8. The van der Waals surface area contributed by atoms with E-state index in [1.807, 2.05) is 36.4 Å². The van der Waals surface area contributed by atoms with Crippen LogP contribution < -0.4 is 4.74 Å². The van der Waals surface area contributed by atoms with Crippen molar-refractivity contribution < 1.29 is 24.2 Å². The van der Waals surface area contributed by atoms with Crippen LogP contribution in [0.4, 0.5) is 4.79 Å². The molecule has 3 aromatic rings. The molecule has 0 aliphatic heterocycles. The molecule has 0 bridgehead atoms. The Bertz CT molecular complexity index is 1140. The van der Waals surface area contributed by atoms with Crippen molar-refractivity contribution >= 4 is 12.1 Å². The van der Waals surface area contributed by atoms with Gasteiger partial charge in [0.1, 0.15) is 25.0 Å². The van der Waals surface area contributed by atoms with Crippen LogP contribution in [-0.4, -0.2) is 48.4 Å². The maximum atomic E-state index is 12.8. The van der Waals surface area contributed by atoms with Gasteiger partial charge in [0.15, 0.2) is 0 Å². The SMILES string of the molecule is C=CCOc1ccc(C[C@@H](C(=O)O)N(C)C(=O)OCC2c3ccccc3-c3ccccc32)cc1. The lowest BCUT2D eigenvalue weighted by atomic mass is 9.98. The number of likely N-dealkylation sites (N-methyl/N-ethyl adjacent to an activating group) is 1. The number of rotatable bonds is 9. The molecular formula is C28H27NO5. The Hall–Kier alpha value is -4.06. The minimum atomic E-state index is -1.09. The lowest BCUT2D eigenvalue weighted by molar-refractivity contribution is -0.142. The summed E-state index contributed by atoms with van der Waals surface area (Å²) in [7, 11) is 1.46. The number of carboxylic acid groups (broad SMARTS) is 1. The van der Waals surface area contributed by atoms with E-state index in [9.17, 15) is 14.7 Å². The molecule has 6 heteroatoms. The zero-order valence-electron chi connectivity index (χ0n) is 19.0. The third-order valence-corrected chi connectivity index (χ3v) is 6.10. The first-order valence-corrected chi connectivity index (χ1v) is 11.1. The fourth-order valence-corrected chi connectivity index (χ4v) is 4.31. The van der Waals surface area contributed by atoms with Gasteiger partial charge in [-0.15, -0.1) is 0 Å². The number of amides is 1. The summed E-state index contributed by atoms with van der Waals surface area (Å²) >= 11 is 0. The largest absolute Gasteiger partial charge is 0.490 e. The van der Waals surface area contributed by atoms with Crippen molar-refractivity contribution in [2.45, 2.75) is 18.4 Å². The van der Waals surface area contributed by atoms with Crippen LogP contribution in [0.15, 0.2) is 85.5 Å². The van der Waals surface area contributed by atoms with E-state index in [1.165, 1.54) is 7.05 Å². The lowest BCUT2D eigenvalue weighted by Gasteiger charge is -2.25. The Morgan fingerprint density at radius 3 is 2.15 bits per heavy atom. The molecule has 34 heavy (non-hydrogen) atoms. The molecule has 0 radical (unpaired) electrons. The fraction of sp³-hybridized carbons (Fsp3) is 0.214. The van der Waals surface area contributed by atoms with Gasteiger partial charge in [0.2, 0.25) is 0 Å². The van der Waals surface area contributed by atoms with Gasteiger partial charge >= 0.3 is 12.1 Å². The van der Waals surface area contributed by atoms with E-state index in [0.717, 1.165) is 32.7 Å². The zero-order valence-corrected chi connectivity index (χ0v) is 19.0. The van der Waals surface area contributed by atoms with E-state index in [-0.39, 0.29) is 18.9 Å². The van der Waals surface area contributed by atoms with Crippen LogP contribution in [0, 0.1) is 0 Å². The first-order chi connectivity index (χ1) is 16.5. The van der Waals surface area contributed by atoms with Crippen LogP contribution in [0.2, 0.25) is 0 Å². The van der Waals surface area contributed by atoms with Gasteiger partial charge in [-0.25, -0.2) is 9.59 Å². The number of carbonyl (C=O) groups is 2. The third-order valence-electron chi connectivity index (χ3n) is 6.10. The molecule has 0 aromatic heterocycles. The highest BCUT2D eigenvalue weighted by molar-refractivity contribution is 5.81. The highest BCUT2D eigenvalue weighted by Crippen LogP contribution is 2.44. The molecule has 4 rings (SSSR count). The van der Waals surface area contributed by atoms with E-state index in [2.05, 4.69) is 18.7 Å². The Labute approximate surface area is 199 Å². The first kappa shape index (κ1) is 23.1. The van der Waals surface area contributed by atoms with Gasteiger partial charge in [0, 0.05) is 19.4 Å². The predicted octanol–water partition coefficient (Wildman–Crippen LogP) is 5.13. The van der Waals surface area contributed by atoms with Crippen molar-refractivity contribution in [3.63, 3.8) is 0 Å². The van der Waals surface area contributed by atoms with Gasteiger partial charge in [-0.3, -0.25) is 4.90 Å². The van der Waals surface area contributed by atoms with Crippen LogP contribution in [0.3, 0.4) is 0 Å². The Morgan fingerprint density at radius 2 is 1.59 bits per heavy atom. The second-order valence-corrected chi connectivity index (χ2v) is 8.22. The summed E-state index contributed by atoms with van der Waals surface area (Å²) < 4.78 is 11.1. The molecule has 0 fully saturated rings. The van der Waals surface area contributed by atoms with E-state index in [1.54, 1.807) is 30.3 Å². The highest BCUT2D eigenvalue weighted by Gasteiger charge is 2.32. The van der Waals surface area contributed by atoms with Gasteiger partial charge in [-0.1, -0.05) is 73.3 Å². The van der Waals surface area contributed by atoms with Crippen molar-refractivity contribution in [2.24, 2.45) is 0 Å². The Kier molecular flexibility index (Phi) is 6.97. The van der Waals surface area contributed by atoms with Crippen molar-refractivity contribution in [2.75, 3.05) is 20.3 Å². The molecule has 0 unspecified atom stereocenters. The van der Waals surface area contributed by atoms with Crippen molar-refractivity contribution in [1.82, 2.24) is 4.90 Å². The molecule has 1 aliphatic rings. The molecule has 3 aromatic carbocycles. The standard InChI is InChI=1S/C28H27NO5/c1-3-16-33-20-14-12-19(13-15-20)17-26(27(30)31)29(2)28(32)34-18-25-23-10-6-4-8-21(23)22-9-5-7-11-24(22)25/h3-15,25-26H,1,16-18H2,2H3,(H,30,31)/t26-/m0/s1. The molecule has 1 amide bonds. The number of benzene rings is 3. The number of fused-ring (bicyclic) bond motifs is 3. The summed E-state index contributed by atoms with van der Waals surface area (Å²) in [6, 6.07) is 22.2. The summed E-state index contributed by atoms with van der Waals surface area (Å²) in [4.78, 5) is 26.0.